The summed E-state index contributed by atoms with van der Waals surface area (Å²) in [4.78, 5) is 14.4. The molecule has 0 atom stereocenters. The van der Waals surface area contributed by atoms with Crippen LogP contribution in [0.1, 0.15) is 5.69 Å². The number of nitrogens with one attached hydrogen (secondary N) is 2. The molecule has 0 spiro atoms. The number of ether oxygens (including phenoxy) is 3. The number of amidine groups is 1. The van der Waals surface area contributed by atoms with Crippen LogP contribution in [0.15, 0.2) is 77.8 Å². The number of nitrogens with two attached hydrogens (primary N) is 1. The van der Waals surface area contributed by atoms with Gasteiger partial charge in [-0.2, -0.15) is 5.10 Å². The molecule has 0 bridgehead atoms. The number of H-pyrrole nitrogens is 1. The molecule has 11 heteroatoms. The van der Waals surface area contributed by atoms with Crippen molar-refractivity contribution in [2.75, 3.05) is 64.8 Å². The third kappa shape index (κ3) is 5.82. The number of methoxy groups -OCH3 is 3. The maximum absolute atomic E-state index is 6.62. The minimum atomic E-state index is 0.285. The van der Waals surface area contributed by atoms with E-state index in [4.69, 9.17) is 29.9 Å². The minimum Gasteiger partial charge on any atom is -0.493 e. The number of pyridine rings is 1. The van der Waals surface area contributed by atoms with Crippen LogP contribution in [-0.2, 0) is 0 Å². The first-order valence-corrected chi connectivity index (χ1v) is 14.4. The zero-order chi connectivity index (χ0) is 30.6. The number of fused-ring (bicyclic) bond motifs is 1. The number of hydrogen-bond donors (Lipinski definition) is 3. The van der Waals surface area contributed by atoms with Gasteiger partial charge in [-0.15, -0.1) is 0 Å². The topological polar surface area (TPSA) is 126 Å². The highest BCUT2D eigenvalue weighted by molar-refractivity contribution is 6.06. The first kappa shape index (κ1) is 28.8. The second kappa shape index (κ2) is 12.5. The summed E-state index contributed by atoms with van der Waals surface area (Å²) in [5.41, 5.74) is 12.2. The lowest BCUT2D eigenvalue weighted by Crippen LogP contribution is -2.44. The van der Waals surface area contributed by atoms with Gasteiger partial charge in [-0.25, -0.2) is 9.98 Å². The average Bonchev–Trinajstić information content (AvgIpc) is 3.50. The van der Waals surface area contributed by atoms with Crippen LogP contribution >= 0.6 is 0 Å². The SMILES string of the molecule is COc1cc(Nc2nc(C(N)=Nc3ccc(N4CCN(C)CC4)cc3)cc3c(-c4ccccc4)n[nH]c23)cc(OC)c1OC. The molecule has 226 valence electrons. The predicted octanol–water partition coefficient (Wildman–Crippen LogP) is 5.18. The van der Waals surface area contributed by atoms with Crippen LogP contribution < -0.4 is 30.2 Å². The number of benzene rings is 3. The highest BCUT2D eigenvalue weighted by Gasteiger charge is 2.19. The molecule has 3 aromatic carbocycles. The molecule has 1 saturated heterocycles. The number of piperazine rings is 1. The van der Waals surface area contributed by atoms with Gasteiger partial charge >= 0.3 is 0 Å². The molecule has 4 N–H and O–H groups in total. The third-order valence-corrected chi connectivity index (χ3v) is 7.76. The second-order valence-electron chi connectivity index (χ2n) is 10.6. The molecule has 6 rings (SSSR count). The van der Waals surface area contributed by atoms with Gasteiger partial charge < -0.3 is 35.1 Å². The van der Waals surface area contributed by atoms with Gasteiger partial charge in [0.15, 0.2) is 17.3 Å². The van der Waals surface area contributed by atoms with Gasteiger partial charge in [0, 0.05) is 60.6 Å². The Hall–Kier alpha value is -5.29. The van der Waals surface area contributed by atoms with Gasteiger partial charge in [0.2, 0.25) is 5.75 Å². The molecule has 1 aliphatic heterocycles. The number of aromatic nitrogens is 3. The largest absolute Gasteiger partial charge is 0.493 e. The van der Waals surface area contributed by atoms with E-state index in [1.54, 1.807) is 21.3 Å². The Bertz CT molecular complexity index is 1750. The summed E-state index contributed by atoms with van der Waals surface area (Å²) in [7, 11) is 6.88. The van der Waals surface area contributed by atoms with E-state index in [1.165, 1.54) is 5.69 Å². The summed E-state index contributed by atoms with van der Waals surface area (Å²) in [6.07, 6.45) is 0. The van der Waals surface area contributed by atoms with Crippen molar-refractivity contribution in [2.45, 2.75) is 0 Å². The first-order chi connectivity index (χ1) is 21.5. The van der Waals surface area contributed by atoms with E-state index in [0.29, 0.717) is 40.0 Å². The standard InChI is InChI=1S/C33H36N8O3/c1-40-14-16-41(17-15-40)24-12-10-22(11-13-24)35-32(34)26-20-25-29(21-8-6-5-7-9-21)38-39-30(25)33(37-26)36-23-18-27(42-2)31(44-4)28(19-23)43-3/h5-13,18-20H,14-17H2,1-4H3,(H2,34,35)(H,36,37)(H,38,39). The number of hydrogen-bond acceptors (Lipinski definition) is 9. The summed E-state index contributed by atoms with van der Waals surface area (Å²) in [6.45, 7) is 4.10. The zero-order valence-electron chi connectivity index (χ0n) is 25.3. The Morgan fingerprint density at radius 3 is 2.20 bits per heavy atom. The molecule has 0 amide bonds. The normalized spacial score (nSPS) is 14.1. The van der Waals surface area contributed by atoms with E-state index in [9.17, 15) is 0 Å². The Morgan fingerprint density at radius 1 is 0.886 bits per heavy atom. The van der Waals surface area contributed by atoms with E-state index in [0.717, 1.165) is 48.5 Å². The van der Waals surface area contributed by atoms with E-state index in [1.807, 2.05) is 60.7 Å². The molecule has 11 nitrogen and oxygen atoms in total. The van der Waals surface area contributed by atoms with E-state index >= 15 is 0 Å². The maximum atomic E-state index is 6.62. The lowest BCUT2D eigenvalue weighted by atomic mass is 10.1. The number of aromatic amines is 1. The summed E-state index contributed by atoms with van der Waals surface area (Å²) in [5.74, 6) is 2.32. The Morgan fingerprint density at radius 2 is 1.57 bits per heavy atom. The maximum Gasteiger partial charge on any atom is 0.203 e. The fourth-order valence-electron chi connectivity index (χ4n) is 5.34. The van der Waals surface area contributed by atoms with Crippen molar-refractivity contribution in [1.82, 2.24) is 20.1 Å². The highest BCUT2D eigenvalue weighted by Crippen LogP contribution is 2.41. The first-order valence-electron chi connectivity index (χ1n) is 14.4. The van der Waals surface area contributed by atoms with Crippen molar-refractivity contribution in [1.29, 1.82) is 0 Å². The van der Waals surface area contributed by atoms with Gasteiger partial charge in [-0.1, -0.05) is 30.3 Å². The van der Waals surface area contributed by atoms with Crippen molar-refractivity contribution in [3.05, 3.63) is 78.5 Å². The van der Waals surface area contributed by atoms with E-state index < -0.39 is 0 Å². The van der Waals surface area contributed by atoms with E-state index in [-0.39, 0.29) is 5.84 Å². The third-order valence-electron chi connectivity index (χ3n) is 7.76. The molecular weight excluding hydrogens is 556 g/mol. The fraction of sp³-hybridized carbons (Fsp3) is 0.242. The van der Waals surface area contributed by atoms with Crippen LogP contribution in [0.2, 0.25) is 0 Å². The number of nitrogens with zero attached hydrogens (tertiary/aromatic N) is 5. The summed E-state index contributed by atoms with van der Waals surface area (Å²) >= 11 is 0. The Labute approximate surface area is 256 Å². The number of aliphatic imine (C=N–C) groups is 1. The molecule has 0 unspecified atom stereocenters. The molecule has 44 heavy (non-hydrogen) atoms. The quantitative estimate of drug-likeness (QED) is 0.157. The monoisotopic (exact) mass is 592 g/mol. The van der Waals surface area contributed by atoms with Crippen molar-refractivity contribution < 1.29 is 14.2 Å². The van der Waals surface area contributed by atoms with Crippen LogP contribution in [0, 0.1) is 0 Å². The van der Waals surface area contributed by atoms with Crippen LogP contribution in [0.4, 0.5) is 22.9 Å². The second-order valence-corrected chi connectivity index (χ2v) is 10.6. The molecule has 0 radical (unpaired) electrons. The van der Waals surface area contributed by atoms with Gasteiger partial charge in [-0.05, 0) is 37.4 Å². The van der Waals surface area contributed by atoms with Crippen LogP contribution in [0.25, 0.3) is 22.2 Å². The lowest BCUT2D eigenvalue weighted by Gasteiger charge is -2.34. The molecule has 1 fully saturated rings. The Kier molecular flexibility index (Phi) is 8.20. The molecule has 0 aliphatic carbocycles. The predicted molar refractivity (Wildman–Crippen MR) is 175 cm³/mol. The van der Waals surface area contributed by atoms with Crippen molar-refractivity contribution in [2.24, 2.45) is 10.7 Å². The van der Waals surface area contributed by atoms with Crippen molar-refractivity contribution >= 4 is 39.6 Å². The molecular formula is C33H36N8O3. The summed E-state index contributed by atoms with van der Waals surface area (Å²) in [5, 5.41) is 12.1. The Balaban J connectivity index is 1.39. The smallest absolute Gasteiger partial charge is 0.203 e. The zero-order valence-corrected chi connectivity index (χ0v) is 25.3. The number of likely N-dealkylation sites (N-methyl/N-ethyl adjacent to an activating group) is 1. The summed E-state index contributed by atoms with van der Waals surface area (Å²) < 4.78 is 16.6. The van der Waals surface area contributed by atoms with Crippen LogP contribution in [-0.4, -0.2) is 80.5 Å². The lowest BCUT2D eigenvalue weighted by molar-refractivity contribution is 0.313. The minimum absolute atomic E-state index is 0.285. The number of rotatable bonds is 9. The van der Waals surface area contributed by atoms with E-state index in [2.05, 4.69) is 44.5 Å². The summed E-state index contributed by atoms with van der Waals surface area (Å²) in [6, 6.07) is 23.7. The fourth-order valence-corrected chi connectivity index (χ4v) is 5.34. The van der Waals surface area contributed by atoms with Gasteiger partial charge in [0.1, 0.15) is 22.7 Å². The van der Waals surface area contributed by atoms with Gasteiger partial charge in [-0.3, -0.25) is 5.10 Å². The van der Waals surface area contributed by atoms with Crippen molar-refractivity contribution in [3.8, 4) is 28.5 Å². The van der Waals surface area contributed by atoms with Gasteiger partial charge in [0.05, 0.1) is 27.0 Å². The molecule has 5 aromatic rings. The number of anilines is 3. The van der Waals surface area contributed by atoms with Crippen molar-refractivity contribution in [3.63, 3.8) is 0 Å². The average molecular weight is 593 g/mol. The molecule has 1 aliphatic rings. The van der Waals surface area contributed by atoms with Gasteiger partial charge in [0.25, 0.3) is 0 Å². The molecule has 3 heterocycles. The molecule has 0 saturated carbocycles. The molecule has 2 aromatic heterocycles. The van der Waals surface area contributed by atoms with Crippen LogP contribution in [0.3, 0.4) is 0 Å². The highest BCUT2D eigenvalue weighted by atomic mass is 16.5. The van der Waals surface area contributed by atoms with Crippen LogP contribution in [0.5, 0.6) is 17.2 Å².